The van der Waals surface area contributed by atoms with Gasteiger partial charge in [-0.05, 0) is 25.7 Å². The topological polar surface area (TPSA) is 0 Å². The Morgan fingerprint density at radius 1 is 1.33 bits per heavy atom. The minimum absolute atomic E-state index is 1.11. The van der Waals surface area contributed by atoms with Gasteiger partial charge in [0.25, 0.3) is 0 Å². The first-order valence-electron chi connectivity index (χ1n) is 4.75. The van der Waals surface area contributed by atoms with Crippen molar-refractivity contribution in [2.24, 2.45) is 0 Å². The van der Waals surface area contributed by atoms with E-state index in [0.717, 1.165) is 12.8 Å². The lowest BCUT2D eigenvalue weighted by atomic mass is 10.1. The first kappa shape index (κ1) is 11.2. The molecule has 0 saturated carbocycles. The van der Waals surface area contributed by atoms with Crippen molar-refractivity contribution in [3.8, 4) is 0 Å². The smallest absolute Gasteiger partial charge is 0.0288 e. The molecule has 0 fully saturated rings. The van der Waals surface area contributed by atoms with Crippen LogP contribution in [-0.2, 0) is 0 Å². The Morgan fingerprint density at radius 2 is 2.08 bits per heavy atom. The van der Waals surface area contributed by atoms with Crippen LogP contribution < -0.4 is 0 Å². The predicted molar refractivity (Wildman–Crippen MR) is 57.2 cm³/mol. The number of hydrogen-bond donors (Lipinski definition) is 0. The molecule has 0 unspecified atom stereocenters. The van der Waals surface area contributed by atoms with Gasteiger partial charge in [-0.1, -0.05) is 50.3 Å². The molecule has 0 aliphatic rings. The zero-order valence-corrected chi connectivity index (χ0v) is 8.18. The Bertz CT molecular complexity index is 151. The molecule has 0 nitrogen and oxygen atoms in total. The van der Waals surface area contributed by atoms with E-state index in [-0.39, 0.29) is 0 Å². The summed E-state index contributed by atoms with van der Waals surface area (Å²) in [5.74, 6) is 0. The maximum atomic E-state index is 4.03. The van der Waals surface area contributed by atoms with Gasteiger partial charge >= 0.3 is 0 Å². The third-order valence-electron chi connectivity index (χ3n) is 1.82. The molecule has 0 bridgehead atoms. The van der Waals surface area contributed by atoms with Crippen molar-refractivity contribution in [2.75, 3.05) is 0 Å². The molecule has 0 spiro atoms. The molecule has 0 radical (unpaired) electrons. The van der Waals surface area contributed by atoms with Gasteiger partial charge in [0.1, 0.15) is 0 Å². The Balaban J connectivity index is 3.31. The van der Waals surface area contributed by atoms with Gasteiger partial charge in [-0.2, -0.15) is 0 Å². The van der Waals surface area contributed by atoms with E-state index in [1.807, 2.05) is 12.2 Å². The fourth-order valence-corrected chi connectivity index (χ4v) is 1.03. The molecule has 0 amide bonds. The van der Waals surface area contributed by atoms with Crippen molar-refractivity contribution < 1.29 is 0 Å². The van der Waals surface area contributed by atoms with E-state index in [2.05, 4.69) is 26.2 Å². The Kier molecular flexibility index (Phi) is 7.78. The molecule has 0 aromatic heterocycles. The van der Waals surface area contributed by atoms with E-state index >= 15 is 0 Å². The molecule has 68 valence electrons. The summed E-state index contributed by atoms with van der Waals surface area (Å²) in [5, 5.41) is 0. The molecule has 0 heterocycles. The molecule has 12 heavy (non-hydrogen) atoms. The van der Waals surface area contributed by atoms with Crippen LogP contribution in [0.2, 0.25) is 0 Å². The Hall–Kier alpha value is -0.780. The van der Waals surface area contributed by atoms with E-state index < -0.39 is 0 Å². The van der Waals surface area contributed by atoms with Gasteiger partial charge in [0.2, 0.25) is 0 Å². The molecule has 0 rings (SSSR count). The number of unbranched alkanes of at least 4 members (excludes halogenated alkanes) is 1. The highest BCUT2D eigenvalue weighted by Gasteiger charge is 1.91. The van der Waals surface area contributed by atoms with Crippen LogP contribution >= 0.6 is 0 Å². The van der Waals surface area contributed by atoms with Gasteiger partial charge in [0.15, 0.2) is 0 Å². The van der Waals surface area contributed by atoms with E-state index in [9.17, 15) is 0 Å². The van der Waals surface area contributed by atoms with Crippen LogP contribution in [0, 0.1) is 0 Å². The summed E-state index contributed by atoms with van der Waals surface area (Å²) < 4.78 is 0. The fourth-order valence-electron chi connectivity index (χ4n) is 1.03. The van der Waals surface area contributed by atoms with Crippen molar-refractivity contribution >= 4 is 0 Å². The van der Waals surface area contributed by atoms with Crippen molar-refractivity contribution in [3.05, 3.63) is 37.0 Å². The van der Waals surface area contributed by atoms with E-state index in [0.29, 0.717) is 0 Å². The summed E-state index contributed by atoms with van der Waals surface area (Å²) in [7, 11) is 0. The van der Waals surface area contributed by atoms with Crippen molar-refractivity contribution in [3.63, 3.8) is 0 Å². The maximum absolute atomic E-state index is 4.03. The second kappa shape index (κ2) is 8.32. The average molecular weight is 164 g/mol. The van der Waals surface area contributed by atoms with E-state index in [1.165, 1.54) is 24.8 Å². The monoisotopic (exact) mass is 164 g/mol. The molecular weight excluding hydrogens is 144 g/mol. The molecule has 0 heteroatoms. The second-order valence-corrected chi connectivity index (χ2v) is 3.06. The molecular formula is C12H20. The molecule has 0 aliphatic heterocycles. The molecule has 0 N–H and O–H groups in total. The van der Waals surface area contributed by atoms with Gasteiger partial charge in [-0.15, -0.1) is 0 Å². The van der Waals surface area contributed by atoms with Crippen LogP contribution in [0.3, 0.4) is 0 Å². The van der Waals surface area contributed by atoms with Gasteiger partial charge in [-0.25, -0.2) is 0 Å². The minimum atomic E-state index is 1.11. The first-order valence-corrected chi connectivity index (χ1v) is 4.75. The largest absolute Gasteiger partial charge is 0.0999 e. The van der Waals surface area contributed by atoms with Gasteiger partial charge in [0.05, 0.1) is 0 Å². The number of allylic oxidation sites excluding steroid dienone is 4. The minimum Gasteiger partial charge on any atom is -0.0999 e. The van der Waals surface area contributed by atoms with Crippen LogP contribution in [0.4, 0.5) is 0 Å². The van der Waals surface area contributed by atoms with Crippen LogP contribution in [0.5, 0.6) is 0 Å². The highest BCUT2D eigenvalue weighted by Crippen LogP contribution is 2.11. The fraction of sp³-hybridized carbons (Fsp3) is 0.500. The SMILES string of the molecule is C=CC=CCCC(=C)CCCC. The lowest BCUT2D eigenvalue weighted by molar-refractivity contribution is 0.757. The zero-order valence-electron chi connectivity index (χ0n) is 8.18. The van der Waals surface area contributed by atoms with Crippen molar-refractivity contribution in [1.29, 1.82) is 0 Å². The quantitative estimate of drug-likeness (QED) is 0.389. The average Bonchev–Trinajstić information content (AvgIpc) is 2.09. The zero-order chi connectivity index (χ0) is 9.23. The predicted octanol–water partition coefficient (Wildman–Crippen LogP) is 4.26. The van der Waals surface area contributed by atoms with Crippen LogP contribution in [-0.4, -0.2) is 0 Å². The molecule has 0 saturated heterocycles. The summed E-state index contributed by atoms with van der Waals surface area (Å²) >= 11 is 0. The van der Waals surface area contributed by atoms with E-state index in [1.54, 1.807) is 0 Å². The second-order valence-electron chi connectivity index (χ2n) is 3.06. The Labute approximate surface area is 76.7 Å². The molecule has 0 aromatic carbocycles. The summed E-state index contributed by atoms with van der Waals surface area (Å²) in [6, 6.07) is 0. The number of rotatable bonds is 7. The molecule has 0 atom stereocenters. The normalized spacial score (nSPS) is 10.4. The molecule has 0 aliphatic carbocycles. The summed E-state index contributed by atoms with van der Waals surface area (Å²) in [4.78, 5) is 0. The van der Waals surface area contributed by atoms with E-state index in [4.69, 9.17) is 0 Å². The number of hydrogen-bond acceptors (Lipinski definition) is 0. The van der Waals surface area contributed by atoms with Crippen molar-refractivity contribution in [2.45, 2.75) is 39.0 Å². The van der Waals surface area contributed by atoms with Gasteiger partial charge < -0.3 is 0 Å². The van der Waals surface area contributed by atoms with Gasteiger partial charge in [0, 0.05) is 0 Å². The summed E-state index contributed by atoms with van der Waals surface area (Å²) in [5.41, 5.74) is 1.38. The van der Waals surface area contributed by atoms with Crippen molar-refractivity contribution in [1.82, 2.24) is 0 Å². The standard InChI is InChI=1S/C12H20/c1-4-6-8-9-11-12(3)10-7-5-2/h4,6,8H,1,3,5,7,9-11H2,2H3. The van der Waals surface area contributed by atoms with Crippen LogP contribution in [0.1, 0.15) is 39.0 Å². The lowest BCUT2D eigenvalue weighted by Gasteiger charge is -2.00. The third kappa shape index (κ3) is 7.33. The lowest BCUT2D eigenvalue weighted by Crippen LogP contribution is -1.80. The third-order valence-corrected chi connectivity index (χ3v) is 1.82. The highest BCUT2D eigenvalue weighted by molar-refractivity contribution is 5.01. The Morgan fingerprint density at radius 3 is 2.67 bits per heavy atom. The summed E-state index contributed by atoms with van der Waals surface area (Å²) in [6.45, 7) is 9.86. The van der Waals surface area contributed by atoms with Crippen LogP contribution in [0.15, 0.2) is 37.0 Å². The first-order chi connectivity index (χ1) is 5.81. The maximum Gasteiger partial charge on any atom is -0.0288 e. The summed E-state index contributed by atoms with van der Waals surface area (Å²) in [6.07, 6.45) is 11.9. The highest BCUT2D eigenvalue weighted by atomic mass is 14.0. The molecule has 0 aromatic rings. The van der Waals surface area contributed by atoms with Crippen LogP contribution in [0.25, 0.3) is 0 Å². The van der Waals surface area contributed by atoms with Gasteiger partial charge in [-0.3, -0.25) is 0 Å².